The molecule has 28 heavy (non-hydrogen) atoms. The lowest BCUT2D eigenvalue weighted by molar-refractivity contribution is 0.0827. The Labute approximate surface area is 167 Å². The lowest BCUT2D eigenvalue weighted by atomic mass is 10.1. The Bertz CT molecular complexity index is 819. The zero-order chi connectivity index (χ0) is 20.7. The van der Waals surface area contributed by atoms with Gasteiger partial charge in [-0.15, -0.1) is 0 Å². The van der Waals surface area contributed by atoms with Gasteiger partial charge in [-0.2, -0.15) is 0 Å². The molecule has 2 aromatic rings. The number of rotatable bonds is 6. The number of aryl methyl sites for hydroxylation is 2. The normalized spacial score (nSPS) is 11.2. The third kappa shape index (κ3) is 5.74. The van der Waals surface area contributed by atoms with Crippen LogP contribution < -0.4 is 10.6 Å². The number of carbonyl (C=O) groups excluding carboxylic acids is 1. The fourth-order valence-corrected chi connectivity index (χ4v) is 2.86. The van der Waals surface area contributed by atoms with E-state index in [0.29, 0.717) is 24.4 Å². The number of nitrogens with zero attached hydrogens (tertiary/aromatic N) is 2. The number of phenols is 1. The second-order valence-electron chi connectivity index (χ2n) is 7.02. The molecule has 0 aliphatic heterocycles. The molecule has 0 saturated heterocycles. The monoisotopic (exact) mass is 382 g/mol. The van der Waals surface area contributed by atoms with E-state index in [1.165, 1.54) is 0 Å². The van der Waals surface area contributed by atoms with Gasteiger partial charge in [0.2, 0.25) is 0 Å². The molecule has 1 amide bonds. The van der Waals surface area contributed by atoms with E-state index in [-0.39, 0.29) is 5.91 Å². The highest BCUT2D eigenvalue weighted by Crippen LogP contribution is 2.23. The highest BCUT2D eigenvalue weighted by molar-refractivity contribution is 5.93. The zero-order valence-corrected chi connectivity index (χ0v) is 17.3. The fourth-order valence-electron chi connectivity index (χ4n) is 2.86. The van der Waals surface area contributed by atoms with Crippen LogP contribution >= 0.6 is 0 Å². The van der Waals surface area contributed by atoms with Gasteiger partial charge in [-0.1, -0.05) is 24.3 Å². The van der Waals surface area contributed by atoms with Crippen molar-refractivity contribution in [2.75, 3.05) is 20.6 Å². The van der Waals surface area contributed by atoms with Crippen LogP contribution in [0.15, 0.2) is 41.4 Å². The van der Waals surface area contributed by atoms with E-state index >= 15 is 0 Å². The molecule has 2 aromatic carbocycles. The quantitative estimate of drug-likeness (QED) is 0.530. The van der Waals surface area contributed by atoms with Crippen molar-refractivity contribution in [2.45, 2.75) is 33.9 Å². The minimum atomic E-state index is -0.00565. The van der Waals surface area contributed by atoms with Gasteiger partial charge in [0.15, 0.2) is 5.96 Å². The number of amides is 1. The van der Waals surface area contributed by atoms with Gasteiger partial charge in [-0.25, -0.2) is 4.99 Å². The number of carbonyl (C=O) groups is 1. The number of hydrogen-bond acceptors (Lipinski definition) is 3. The summed E-state index contributed by atoms with van der Waals surface area (Å²) < 4.78 is 0. The van der Waals surface area contributed by atoms with Crippen molar-refractivity contribution in [3.8, 4) is 5.75 Å². The van der Waals surface area contributed by atoms with Crippen molar-refractivity contribution in [3.05, 3.63) is 64.2 Å². The highest BCUT2D eigenvalue weighted by atomic mass is 16.3. The van der Waals surface area contributed by atoms with Crippen LogP contribution in [0.3, 0.4) is 0 Å². The first kappa shape index (κ1) is 21.3. The molecule has 6 heteroatoms. The van der Waals surface area contributed by atoms with Crippen LogP contribution in [-0.4, -0.2) is 42.5 Å². The first-order valence-electron chi connectivity index (χ1n) is 9.43. The van der Waals surface area contributed by atoms with E-state index in [1.54, 1.807) is 19.0 Å². The Kier molecular flexibility index (Phi) is 7.44. The van der Waals surface area contributed by atoms with E-state index in [0.717, 1.165) is 34.8 Å². The second kappa shape index (κ2) is 9.78. The molecule has 6 nitrogen and oxygen atoms in total. The summed E-state index contributed by atoms with van der Waals surface area (Å²) in [6, 6.07) is 11.5. The maximum Gasteiger partial charge on any atom is 0.253 e. The first-order valence-corrected chi connectivity index (χ1v) is 9.43. The fraction of sp³-hybridized carbons (Fsp3) is 0.364. The molecule has 0 unspecified atom stereocenters. The van der Waals surface area contributed by atoms with E-state index in [9.17, 15) is 9.90 Å². The minimum absolute atomic E-state index is 0.00565. The van der Waals surface area contributed by atoms with Crippen LogP contribution in [0.5, 0.6) is 5.75 Å². The van der Waals surface area contributed by atoms with Crippen LogP contribution in [0.4, 0.5) is 0 Å². The molecule has 0 aromatic heterocycles. The average Bonchev–Trinajstić information content (AvgIpc) is 2.67. The van der Waals surface area contributed by atoms with E-state index in [1.807, 2.05) is 57.2 Å². The number of phenolic OH excluding ortho intramolecular Hbond substituents is 1. The number of nitrogens with one attached hydrogen (secondary N) is 2. The van der Waals surface area contributed by atoms with E-state index < -0.39 is 0 Å². The number of aliphatic imine (C=N–C) groups is 1. The van der Waals surface area contributed by atoms with Crippen LogP contribution in [0.25, 0.3) is 0 Å². The van der Waals surface area contributed by atoms with Gasteiger partial charge >= 0.3 is 0 Å². The maximum absolute atomic E-state index is 12.0. The molecule has 0 aliphatic rings. The van der Waals surface area contributed by atoms with Crippen molar-refractivity contribution in [2.24, 2.45) is 4.99 Å². The first-order chi connectivity index (χ1) is 13.3. The number of benzene rings is 2. The molecule has 0 radical (unpaired) electrons. The average molecular weight is 383 g/mol. The van der Waals surface area contributed by atoms with Crippen LogP contribution in [0, 0.1) is 13.8 Å². The summed E-state index contributed by atoms with van der Waals surface area (Å²) >= 11 is 0. The molecular weight excluding hydrogens is 352 g/mol. The lowest BCUT2D eigenvalue weighted by Crippen LogP contribution is -2.36. The summed E-state index contributed by atoms with van der Waals surface area (Å²) in [5, 5.41) is 16.5. The predicted molar refractivity (Wildman–Crippen MR) is 114 cm³/mol. The Morgan fingerprint density at radius 2 is 1.64 bits per heavy atom. The molecule has 0 bridgehead atoms. The van der Waals surface area contributed by atoms with Gasteiger partial charge in [-0.05, 0) is 55.2 Å². The Morgan fingerprint density at radius 3 is 2.18 bits per heavy atom. The molecule has 0 heterocycles. The van der Waals surface area contributed by atoms with E-state index in [4.69, 9.17) is 0 Å². The largest absolute Gasteiger partial charge is 0.507 e. The molecule has 0 saturated carbocycles. The number of aromatic hydroxyl groups is 1. The summed E-state index contributed by atoms with van der Waals surface area (Å²) in [6.45, 7) is 7.69. The van der Waals surface area contributed by atoms with Gasteiger partial charge in [0.1, 0.15) is 5.75 Å². The molecule has 0 atom stereocenters. The number of guanidine groups is 1. The van der Waals surface area contributed by atoms with E-state index in [2.05, 4.69) is 15.6 Å². The van der Waals surface area contributed by atoms with Crippen molar-refractivity contribution < 1.29 is 9.90 Å². The number of hydrogen-bond donors (Lipinski definition) is 3. The molecular formula is C22H30N4O2. The summed E-state index contributed by atoms with van der Waals surface area (Å²) in [7, 11) is 3.49. The van der Waals surface area contributed by atoms with Crippen molar-refractivity contribution >= 4 is 11.9 Å². The van der Waals surface area contributed by atoms with Crippen molar-refractivity contribution in [1.29, 1.82) is 0 Å². The van der Waals surface area contributed by atoms with Gasteiger partial charge in [-0.3, -0.25) is 4.79 Å². The summed E-state index contributed by atoms with van der Waals surface area (Å²) in [5.41, 5.74) is 4.51. The van der Waals surface area contributed by atoms with Gasteiger partial charge in [0, 0.05) is 32.7 Å². The maximum atomic E-state index is 12.0. The molecule has 3 N–H and O–H groups in total. The third-order valence-corrected chi connectivity index (χ3v) is 4.38. The predicted octanol–water partition coefficient (Wildman–Crippen LogP) is 2.97. The standard InChI is InChI=1S/C22H30N4O2/c1-6-23-22(25-14-18-11-15(2)20(27)16(3)12-18)24-13-17-7-9-19(10-8-17)21(28)26(4)5/h7-12,27H,6,13-14H2,1-5H3,(H2,23,24,25). The summed E-state index contributed by atoms with van der Waals surface area (Å²) in [6.07, 6.45) is 0. The molecule has 2 rings (SSSR count). The SMILES string of the molecule is CCNC(=NCc1cc(C)c(O)c(C)c1)NCc1ccc(C(=O)N(C)C)cc1. The smallest absolute Gasteiger partial charge is 0.253 e. The van der Waals surface area contributed by atoms with Crippen LogP contribution in [-0.2, 0) is 13.1 Å². The van der Waals surface area contributed by atoms with Gasteiger partial charge in [0.05, 0.1) is 6.54 Å². The minimum Gasteiger partial charge on any atom is -0.507 e. The van der Waals surface area contributed by atoms with Crippen molar-refractivity contribution in [1.82, 2.24) is 15.5 Å². The molecule has 0 spiro atoms. The Hall–Kier alpha value is -3.02. The summed E-state index contributed by atoms with van der Waals surface area (Å²) in [5.74, 6) is 1.06. The summed E-state index contributed by atoms with van der Waals surface area (Å²) in [4.78, 5) is 18.2. The lowest BCUT2D eigenvalue weighted by Gasteiger charge is -2.13. The third-order valence-electron chi connectivity index (χ3n) is 4.38. The van der Waals surface area contributed by atoms with Crippen LogP contribution in [0.1, 0.15) is 39.5 Å². The molecule has 150 valence electrons. The zero-order valence-electron chi connectivity index (χ0n) is 17.3. The topological polar surface area (TPSA) is 77.0 Å². The molecule has 0 fully saturated rings. The Morgan fingerprint density at radius 1 is 1.04 bits per heavy atom. The second-order valence-corrected chi connectivity index (χ2v) is 7.02. The molecule has 0 aliphatic carbocycles. The Balaban J connectivity index is 2.02. The van der Waals surface area contributed by atoms with Crippen LogP contribution in [0.2, 0.25) is 0 Å². The van der Waals surface area contributed by atoms with Gasteiger partial charge in [0.25, 0.3) is 5.91 Å². The van der Waals surface area contributed by atoms with Gasteiger partial charge < -0.3 is 20.6 Å². The highest BCUT2D eigenvalue weighted by Gasteiger charge is 2.07. The van der Waals surface area contributed by atoms with Crippen molar-refractivity contribution in [3.63, 3.8) is 0 Å².